The van der Waals surface area contributed by atoms with Gasteiger partial charge in [-0.15, -0.1) is 5.10 Å². The van der Waals surface area contributed by atoms with Crippen LogP contribution in [0, 0.1) is 0 Å². The van der Waals surface area contributed by atoms with Crippen molar-refractivity contribution in [2.45, 2.75) is 43.0 Å². The van der Waals surface area contributed by atoms with Crippen molar-refractivity contribution in [1.29, 1.82) is 0 Å². The summed E-state index contributed by atoms with van der Waals surface area (Å²) in [5, 5.41) is 8.15. The highest BCUT2D eigenvalue weighted by molar-refractivity contribution is 8.44. The molecular weight excluding hydrogens is 691 g/mol. The van der Waals surface area contributed by atoms with Crippen LogP contribution in [-0.2, 0) is 36.7 Å². The van der Waals surface area contributed by atoms with E-state index in [0.29, 0.717) is 5.52 Å². The standard InChI is InChI=1S/C23H24FN9O9P2S2/c1-9-12-5-37-44(36,46)42-18-13(40-22(14(18)24)32-8-29-16-19(25)27-7-28-21(16)32)6-38-43(35,45)41-17(9)23(39-12)33-11-4-2-3-10(20(26)34)15(11)30-31-33/h2-4,7-8,12-14,17-18,22-23H,1,5-6H2,(H2,26,34)(H,35,45)(H,36,46)(H2,25,27,28)/t12-,13?,14-,17-,18-,22-,23-,43+,44+/m1/s1. The third-order valence-corrected chi connectivity index (χ3v) is 10.8. The van der Waals surface area contributed by atoms with Gasteiger partial charge in [0.1, 0.15) is 41.8 Å². The minimum atomic E-state index is -4.33. The minimum absolute atomic E-state index is 0.0599. The van der Waals surface area contributed by atoms with Crippen molar-refractivity contribution < 1.29 is 45.9 Å². The van der Waals surface area contributed by atoms with E-state index in [2.05, 4.69) is 56.3 Å². The number of fused-ring (bicyclic) bond motifs is 5. The number of hydrogen-bond acceptors (Lipinski definition) is 15. The van der Waals surface area contributed by atoms with Gasteiger partial charge in [0.2, 0.25) is 0 Å². The van der Waals surface area contributed by atoms with Gasteiger partial charge in [0.15, 0.2) is 30.1 Å². The first kappa shape index (κ1) is 31.6. The fourth-order valence-electron chi connectivity index (χ4n) is 5.42. The third-order valence-electron chi connectivity index (χ3n) is 7.57. The van der Waals surface area contributed by atoms with Crippen LogP contribution in [0.5, 0.6) is 0 Å². The molecular formula is C23H24FN9O9P2S2. The molecule has 4 aromatic rings. The first-order chi connectivity index (χ1) is 21.8. The van der Waals surface area contributed by atoms with E-state index in [1.165, 1.54) is 28.0 Å². The van der Waals surface area contributed by atoms with Crippen molar-refractivity contribution in [2.24, 2.45) is 5.73 Å². The molecule has 0 spiro atoms. The number of imidazole rings is 1. The number of nitrogens with zero attached hydrogens (tertiary/aromatic N) is 7. The largest absolute Gasteiger partial charge is 0.386 e. The number of carbonyl (C=O) groups excluding carboxylic acids is 1. The lowest BCUT2D eigenvalue weighted by Crippen LogP contribution is -2.33. The summed E-state index contributed by atoms with van der Waals surface area (Å²) < 4.78 is 80.1. The molecule has 4 N–H and O–H groups in total. The van der Waals surface area contributed by atoms with Crippen LogP contribution < -0.4 is 11.5 Å². The summed E-state index contributed by atoms with van der Waals surface area (Å²) >= 11 is 8.19. The van der Waals surface area contributed by atoms with Gasteiger partial charge < -0.3 is 20.9 Å². The second-order valence-electron chi connectivity index (χ2n) is 10.4. The summed E-state index contributed by atoms with van der Waals surface area (Å²) in [6.07, 6.45) is -7.44. The maximum atomic E-state index is 16.0. The summed E-state index contributed by atoms with van der Waals surface area (Å²) in [7, 11) is 0. The van der Waals surface area contributed by atoms with Crippen molar-refractivity contribution in [3.63, 3.8) is 0 Å². The van der Waals surface area contributed by atoms with Crippen molar-refractivity contribution in [1.82, 2.24) is 34.5 Å². The SMILES string of the molecule is C=C1[C@H]2O[P@@](=O)(S)OCC3O[C@@H](n4cnc5c(N)ncnc54)[C@H](F)[C@@H]3O[P@@](=O)(S)OC[C@H]1O[C@H]2n1nnc2c(C(N)=O)cccc21. The fourth-order valence-corrected chi connectivity index (χ4v) is 8.31. The Hall–Kier alpha value is -2.97. The number of aromatic nitrogens is 7. The van der Waals surface area contributed by atoms with E-state index in [-0.39, 0.29) is 33.6 Å². The second kappa shape index (κ2) is 11.6. The topological polar surface area (TPSA) is 233 Å². The van der Waals surface area contributed by atoms with Gasteiger partial charge in [0.25, 0.3) is 5.91 Å². The molecule has 3 aromatic heterocycles. The summed E-state index contributed by atoms with van der Waals surface area (Å²) in [6.45, 7) is -5.74. The number of halogens is 1. The molecule has 0 aliphatic carbocycles. The van der Waals surface area contributed by atoms with E-state index < -0.39 is 75.8 Å². The Bertz CT molecular complexity index is 1980. The van der Waals surface area contributed by atoms with Gasteiger partial charge in [-0.2, -0.15) is 0 Å². The lowest BCUT2D eigenvalue weighted by Gasteiger charge is -2.25. The molecule has 244 valence electrons. The van der Waals surface area contributed by atoms with E-state index in [1.54, 1.807) is 12.1 Å². The zero-order chi connectivity index (χ0) is 32.5. The number of ether oxygens (including phenoxy) is 2. The van der Waals surface area contributed by atoms with Crippen molar-refractivity contribution in [2.75, 3.05) is 18.9 Å². The van der Waals surface area contributed by atoms with Gasteiger partial charge in [0, 0.05) is 0 Å². The number of nitrogens with two attached hydrogens (primary N) is 2. The van der Waals surface area contributed by atoms with Gasteiger partial charge in [-0.1, -0.05) is 42.4 Å². The van der Waals surface area contributed by atoms with Crippen LogP contribution in [0.25, 0.3) is 22.2 Å². The van der Waals surface area contributed by atoms with Gasteiger partial charge in [-0.05, 0) is 17.7 Å². The molecule has 46 heavy (non-hydrogen) atoms. The first-order valence-electron chi connectivity index (χ1n) is 13.4. The number of hydrogen-bond donors (Lipinski definition) is 4. The van der Waals surface area contributed by atoms with Crippen LogP contribution in [0.15, 0.2) is 43.0 Å². The minimum Gasteiger partial charge on any atom is -0.382 e. The van der Waals surface area contributed by atoms with Gasteiger partial charge >= 0.3 is 13.6 Å². The Morgan fingerprint density at radius 3 is 2.59 bits per heavy atom. The highest BCUT2D eigenvalue weighted by atomic mass is 32.7. The Morgan fingerprint density at radius 2 is 1.80 bits per heavy atom. The molecule has 1 aromatic carbocycles. The van der Waals surface area contributed by atoms with Crippen LogP contribution in [0.1, 0.15) is 22.8 Å². The number of rotatable bonds is 3. The first-order valence-corrected chi connectivity index (χ1v) is 18.7. The summed E-state index contributed by atoms with van der Waals surface area (Å²) in [6, 6.07) is 4.64. The number of nitrogen functional groups attached to an aromatic ring is 1. The highest BCUT2D eigenvalue weighted by Gasteiger charge is 2.52. The zero-order valence-electron chi connectivity index (χ0n) is 23.2. The molecule has 6 heterocycles. The molecule has 0 saturated carbocycles. The molecule has 1 amide bonds. The zero-order valence-corrected chi connectivity index (χ0v) is 26.8. The number of thiol groups is 2. The molecule has 9 atom stereocenters. The van der Waals surface area contributed by atoms with E-state index in [0.717, 1.165) is 0 Å². The Balaban J connectivity index is 1.20. The lowest BCUT2D eigenvalue weighted by molar-refractivity contribution is -0.0599. The van der Waals surface area contributed by atoms with Crippen LogP contribution in [0.3, 0.4) is 0 Å². The normalized spacial score (nSPS) is 35.5. The summed E-state index contributed by atoms with van der Waals surface area (Å²) in [4.78, 5) is 24.0. The van der Waals surface area contributed by atoms with Crippen LogP contribution >= 0.6 is 38.1 Å². The van der Waals surface area contributed by atoms with Crippen molar-refractivity contribution in [3.8, 4) is 0 Å². The molecule has 18 nitrogen and oxygen atoms in total. The highest BCUT2D eigenvalue weighted by Crippen LogP contribution is 2.60. The summed E-state index contributed by atoms with van der Waals surface area (Å²) in [5.74, 6) is -0.672. The average Bonchev–Trinajstić information content (AvgIpc) is 3.76. The smallest absolute Gasteiger partial charge is 0.382 e. The van der Waals surface area contributed by atoms with Crippen molar-refractivity contribution in [3.05, 3.63) is 48.6 Å². The monoisotopic (exact) mass is 715 g/mol. The molecule has 3 aliphatic rings. The van der Waals surface area contributed by atoms with E-state index in [9.17, 15) is 13.9 Å². The Labute approximate surface area is 268 Å². The Morgan fingerprint density at radius 1 is 1.04 bits per heavy atom. The molecule has 3 fully saturated rings. The van der Waals surface area contributed by atoms with E-state index in [1.807, 2.05) is 0 Å². The molecule has 7 rings (SSSR count). The number of primary amides is 1. The van der Waals surface area contributed by atoms with Crippen LogP contribution in [-0.4, -0.2) is 84.2 Å². The third kappa shape index (κ3) is 5.53. The molecule has 23 heteroatoms. The maximum Gasteiger partial charge on any atom is 0.386 e. The van der Waals surface area contributed by atoms with Crippen molar-refractivity contribution >= 4 is 72.0 Å². The van der Waals surface area contributed by atoms with Gasteiger partial charge in [-0.25, -0.2) is 33.2 Å². The molecule has 3 saturated heterocycles. The Kier molecular flexibility index (Phi) is 7.99. The number of carbonyl (C=O) groups is 1. The van der Waals surface area contributed by atoms with E-state index >= 15 is 4.39 Å². The molecule has 0 radical (unpaired) electrons. The number of benzene rings is 1. The second-order valence-corrected chi connectivity index (χ2v) is 16.1. The van der Waals surface area contributed by atoms with Gasteiger partial charge in [0.05, 0.1) is 30.6 Å². The number of anilines is 1. The predicted molar refractivity (Wildman–Crippen MR) is 162 cm³/mol. The maximum absolute atomic E-state index is 16.0. The number of amides is 1. The molecule has 2 bridgehead atoms. The van der Waals surface area contributed by atoms with E-state index in [4.69, 9.17) is 39.0 Å². The molecule has 1 unspecified atom stereocenters. The van der Waals surface area contributed by atoms with Gasteiger partial charge in [-0.3, -0.25) is 27.5 Å². The lowest BCUT2D eigenvalue weighted by atomic mass is 10.1. The van der Waals surface area contributed by atoms with Crippen LogP contribution in [0.4, 0.5) is 10.2 Å². The quantitative estimate of drug-likeness (QED) is 0.136. The average molecular weight is 716 g/mol. The molecule has 3 aliphatic heterocycles. The fraction of sp³-hybridized carbons (Fsp3) is 0.391. The number of alkyl halides is 1. The summed E-state index contributed by atoms with van der Waals surface area (Å²) in [5.41, 5.74) is 12.5. The van der Waals surface area contributed by atoms with Crippen LogP contribution in [0.2, 0.25) is 0 Å². The predicted octanol–water partition coefficient (Wildman–Crippen LogP) is 2.53.